The first kappa shape index (κ1) is 12.7. The van der Waals surface area contributed by atoms with Crippen molar-refractivity contribution >= 4 is 44.8 Å². The molecule has 0 saturated carbocycles. The molecule has 3 nitrogen and oxygen atoms in total. The fraction of sp³-hybridized carbons (Fsp3) is 0. The summed E-state index contributed by atoms with van der Waals surface area (Å²) in [6.07, 6.45) is 0. The summed E-state index contributed by atoms with van der Waals surface area (Å²) in [6, 6.07) is 9.52. The van der Waals surface area contributed by atoms with Gasteiger partial charge in [0, 0.05) is 14.9 Å². The first-order valence-corrected chi connectivity index (χ1v) is 7.46. The summed E-state index contributed by atoms with van der Waals surface area (Å²) in [7, 11) is 0. The minimum Gasteiger partial charge on any atom is -0.367 e. The number of aromatic nitrogens is 1. The van der Waals surface area contributed by atoms with Crippen molar-refractivity contribution in [1.82, 2.24) is 5.16 Å². The second-order valence-corrected chi connectivity index (χ2v) is 6.14. The maximum absolute atomic E-state index is 6.23. The van der Waals surface area contributed by atoms with Crippen LogP contribution in [0, 0.1) is 0 Å². The fourth-order valence-electron chi connectivity index (χ4n) is 1.82. The Bertz CT molecular complexity index is 724. The largest absolute Gasteiger partial charge is 0.367 e. The second-order valence-electron chi connectivity index (χ2n) is 3.87. The van der Waals surface area contributed by atoms with Gasteiger partial charge < -0.3 is 10.3 Å². The number of thiophene rings is 1. The molecular weight excluding hydrogens is 348 g/mol. The predicted molar refractivity (Wildman–Crippen MR) is 82.4 cm³/mol. The number of nitrogens with two attached hydrogens (primary N) is 1. The van der Waals surface area contributed by atoms with E-state index in [2.05, 4.69) is 21.1 Å². The lowest BCUT2D eigenvalue weighted by Crippen LogP contribution is -1.86. The predicted octanol–water partition coefficient (Wildman–Crippen LogP) is 5.07. The van der Waals surface area contributed by atoms with E-state index < -0.39 is 0 Å². The number of hydrogen-bond donors (Lipinski definition) is 1. The molecule has 2 aromatic heterocycles. The molecule has 0 fully saturated rings. The van der Waals surface area contributed by atoms with Crippen LogP contribution in [0.1, 0.15) is 0 Å². The van der Waals surface area contributed by atoms with Crippen LogP contribution in [0.5, 0.6) is 0 Å². The summed E-state index contributed by atoms with van der Waals surface area (Å²) in [5, 5.41) is 6.63. The third-order valence-electron chi connectivity index (χ3n) is 2.67. The zero-order valence-corrected chi connectivity index (χ0v) is 12.7. The standard InChI is InChI=1S/C13H8BrClN2OS/c14-7-3-4-9(15)8(6-7)12-11(13(16)18-17-12)10-2-1-5-19-10/h1-6H,16H2. The average molecular weight is 356 g/mol. The van der Waals surface area contributed by atoms with Crippen LogP contribution >= 0.6 is 38.9 Å². The van der Waals surface area contributed by atoms with Gasteiger partial charge in [-0.05, 0) is 29.6 Å². The van der Waals surface area contributed by atoms with Gasteiger partial charge >= 0.3 is 0 Å². The Morgan fingerprint density at radius 3 is 2.89 bits per heavy atom. The molecule has 2 N–H and O–H groups in total. The van der Waals surface area contributed by atoms with E-state index >= 15 is 0 Å². The van der Waals surface area contributed by atoms with Crippen molar-refractivity contribution in [1.29, 1.82) is 0 Å². The summed E-state index contributed by atoms with van der Waals surface area (Å²) in [5.41, 5.74) is 8.12. The molecule has 96 valence electrons. The van der Waals surface area contributed by atoms with Crippen molar-refractivity contribution in [2.45, 2.75) is 0 Å². The van der Waals surface area contributed by atoms with Gasteiger partial charge in [0.05, 0.1) is 10.6 Å². The highest BCUT2D eigenvalue weighted by Crippen LogP contribution is 2.41. The van der Waals surface area contributed by atoms with Crippen LogP contribution in [-0.2, 0) is 0 Å². The van der Waals surface area contributed by atoms with Gasteiger partial charge in [0.2, 0.25) is 5.88 Å². The first-order chi connectivity index (χ1) is 9.16. The Hall–Kier alpha value is -1.30. The van der Waals surface area contributed by atoms with Crippen LogP contribution in [0.3, 0.4) is 0 Å². The first-order valence-electron chi connectivity index (χ1n) is 5.41. The van der Waals surface area contributed by atoms with E-state index in [0.29, 0.717) is 16.6 Å². The quantitative estimate of drug-likeness (QED) is 0.698. The molecule has 0 spiro atoms. The highest BCUT2D eigenvalue weighted by Gasteiger charge is 2.20. The van der Waals surface area contributed by atoms with Crippen LogP contribution in [-0.4, -0.2) is 5.16 Å². The Kier molecular flexibility index (Phi) is 3.35. The molecule has 3 aromatic rings. The van der Waals surface area contributed by atoms with Crippen molar-refractivity contribution in [3.8, 4) is 21.7 Å². The number of benzene rings is 1. The maximum atomic E-state index is 6.23. The molecule has 0 aliphatic carbocycles. The number of hydrogen-bond acceptors (Lipinski definition) is 4. The van der Waals surface area contributed by atoms with Gasteiger partial charge in [-0.2, -0.15) is 0 Å². The molecule has 0 bridgehead atoms. The van der Waals surface area contributed by atoms with E-state index in [-0.39, 0.29) is 0 Å². The van der Waals surface area contributed by atoms with Crippen molar-refractivity contribution in [2.24, 2.45) is 0 Å². The van der Waals surface area contributed by atoms with Crippen LogP contribution in [0.4, 0.5) is 5.88 Å². The zero-order chi connectivity index (χ0) is 13.4. The van der Waals surface area contributed by atoms with Crippen molar-refractivity contribution in [3.05, 3.63) is 45.2 Å². The summed E-state index contributed by atoms with van der Waals surface area (Å²) >= 11 is 11.2. The van der Waals surface area contributed by atoms with E-state index in [9.17, 15) is 0 Å². The minimum atomic E-state index is 0.300. The smallest absolute Gasteiger partial charge is 0.231 e. The molecular formula is C13H8BrClN2OS. The van der Waals surface area contributed by atoms with E-state index in [1.807, 2.05) is 35.7 Å². The molecule has 0 aliphatic heterocycles. The van der Waals surface area contributed by atoms with E-state index in [1.165, 1.54) is 0 Å². The highest BCUT2D eigenvalue weighted by atomic mass is 79.9. The lowest BCUT2D eigenvalue weighted by atomic mass is 10.1. The summed E-state index contributed by atoms with van der Waals surface area (Å²) in [6.45, 7) is 0. The number of halogens is 2. The molecule has 1 aromatic carbocycles. The van der Waals surface area contributed by atoms with Crippen LogP contribution in [0.25, 0.3) is 21.7 Å². The van der Waals surface area contributed by atoms with Gasteiger partial charge in [-0.1, -0.05) is 38.8 Å². The number of nitrogen functional groups attached to an aromatic ring is 1. The number of nitrogens with zero attached hydrogens (tertiary/aromatic N) is 1. The maximum Gasteiger partial charge on any atom is 0.231 e. The van der Waals surface area contributed by atoms with E-state index in [0.717, 1.165) is 20.5 Å². The molecule has 6 heteroatoms. The van der Waals surface area contributed by atoms with E-state index in [4.69, 9.17) is 21.9 Å². The SMILES string of the molecule is Nc1onc(-c2cc(Br)ccc2Cl)c1-c1cccs1. The molecule has 0 saturated heterocycles. The monoisotopic (exact) mass is 354 g/mol. The van der Waals surface area contributed by atoms with Crippen molar-refractivity contribution in [3.63, 3.8) is 0 Å². The summed E-state index contributed by atoms with van der Waals surface area (Å²) in [4.78, 5) is 1.00. The molecule has 0 aliphatic rings. The molecule has 0 atom stereocenters. The van der Waals surface area contributed by atoms with Gasteiger partial charge in [0.15, 0.2) is 0 Å². The van der Waals surface area contributed by atoms with E-state index in [1.54, 1.807) is 11.3 Å². The van der Waals surface area contributed by atoms with Gasteiger partial charge in [-0.15, -0.1) is 11.3 Å². The molecule has 0 amide bonds. The lowest BCUT2D eigenvalue weighted by molar-refractivity contribution is 0.439. The summed E-state index contributed by atoms with van der Waals surface area (Å²) < 4.78 is 6.05. The molecule has 19 heavy (non-hydrogen) atoms. The van der Waals surface area contributed by atoms with Gasteiger partial charge in [-0.3, -0.25) is 0 Å². The van der Waals surface area contributed by atoms with Crippen LogP contribution in [0.15, 0.2) is 44.7 Å². The molecule has 2 heterocycles. The normalized spacial score (nSPS) is 10.8. The van der Waals surface area contributed by atoms with Gasteiger partial charge in [0.1, 0.15) is 5.69 Å². The Labute approximate surface area is 127 Å². The highest BCUT2D eigenvalue weighted by molar-refractivity contribution is 9.10. The Morgan fingerprint density at radius 1 is 1.32 bits per heavy atom. The fourth-order valence-corrected chi connectivity index (χ4v) is 3.17. The van der Waals surface area contributed by atoms with Crippen molar-refractivity contribution in [2.75, 3.05) is 5.73 Å². The van der Waals surface area contributed by atoms with Crippen LogP contribution < -0.4 is 5.73 Å². The molecule has 0 radical (unpaired) electrons. The van der Waals surface area contributed by atoms with Crippen molar-refractivity contribution < 1.29 is 4.52 Å². The minimum absolute atomic E-state index is 0.300. The third kappa shape index (κ3) is 2.29. The summed E-state index contributed by atoms with van der Waals surface area (Å²) in [5.74, 6) is 0.300. The Morgan fingerprint density at radius 2 is 2.16 bits per heavy atom. The molecule has 3 rings (SSSR count). The van der Waals surface area contributed by atoms with Gasteiger partial charge in [0.25, 0.3) is 0 Å². The number of anilines is 1. The Balaban J connectivity index is 2.24. The lowest BCUT2D eigenvalue weighted by Gasteiger charge is -2.03. The third-order valence-corrected chi connectivity index (χ3v) is 4.38. The molecule has 0 unspecified atom stereocenters. The number of rotatable bonds is 2. The topological polar surface area (TPSA) is 52.0 Å². The van der Waals surface area contributed by atoms with Gasteiger partial charge in [-0.25, -0.2) is 0 Å². The zero-order valence-electron chi connectivity index (χ0n) is 9.56. The van der Waals surface area contributed by atoms with Crippen LogP contribution in [0.2, 0.25) is 5.02 Å². The average Bonchev–Trinajstić information content (AvgIpc) is 3.01. The second kappa shape index (κ2) is 5.00.